The first-order valence-electron chi connectivity index (χ1n) is 8.99. The molecular weight excluding hydrogens is 461 g/mol. The molecule has 0 spiro atoms. The first-order chi connectivity index (χ1) is 14.6. The lowest BCUT2D eigenvalue weighted by atomic mass is 10.1. The van der Waals surface area contributed by atoms with Crippen LogP contribution in [0.2, 0.25) is 5.02 Å². The molecule has 1 saturated heterocycles. The fraction of sp³-hybridized carbons (Fsp3) is 0.333. The summed E-state index contributed by atoms with van der Waals surface area (Å²) in [6.07, 6.45) is -1.78. The molecule has 2 heterocycles. The zero-order chi connectivity index (χ0) is 22.6. The lowest BCUT2D eigenvalue weighted by molar-refractivity contribution is -0.274. The van der Waals surface area contributed by atoms with E-state index in [-0.39, 0.29) is 11.3 Å². The van der Waals surface area contributed by atoms with Crippen molar-refractivity contribution in [2.24, 2.45) is 0 Å². The van der Waals surface area contributed by atoms with Crippen LogP contribution in [0.5, 0.6) is 5.75 Å². The SMILES string of the molecule is O=C(c1ccc(NS(=O)O)c(OC(F)(F)F)c1)N1CCN(Cc2cncc(Cl)c2)CC1. The number of rotatable bonds is 6. The summed E-state index contributed by atoms with van der Waals surface area (Å²) in [5.74, 6) is -1.24. The number of anilines is 1. The summed E-state index contributed by atoms with van der Waals surface area (Å²) in [7, 11) is 0. The third kappa shape index (κ3) is 6.79. The molecule has 3 rings (SSSR count). The molecule has 1 aromatic carbocycles. The Morgan fingerprint density at radius 2 is 1.94 bits per heavy atom. The molecular formula is C18H18ClF3N4O4S. The van der Waals surface area contributed by atoms with Gasteiger partial charge in [-0.2, -0.15) is 0 Å². The highest BCUT2D eigenvalue weighted by Crippen LogP contribution is 2.32. The molecule has 0 aliphatic carbocycles. The van der Waals surface area contributed by atoms with Gasteiger partial charge in [0, 0.05) is 50.7 Å². The van der Waals surface area contributed by atoms with Gasteiger partial charge in [-0.1, -0.05) is 11.6 Å². The van der Waals surface area contributed by atoms with Gasteiger partial charge in [-0.05, 0) is 29.8 Å². The van der Waals surface area contributed by atoms with Gasteiger partial charge in [0.05, 0.1) is 10.7 Å². The van der Waals surface area contributed by atoms with Gasteiger partial charge in [0.25, 0.3) is 17.2 Å². The second-order valence-electron chi connectivity index (χ2n) is 6.69. The first-order valence-corrected chi connectivity index (χ1v) is 10.5. The summed E-state index contributed by atoms with van der Waals surface area (Å²) in [5, 5.41) is 0.533. The molecule has 1 amide bonds. The Hall–Kier alpha value is -2.41. The van der Waals surface area contributed by atoms with Crippen molar-refractivity contribution in [3.8, 4) is 5.75 Å². The number of carbonyl (C=O) groups excluding carboxylic acids is 1. The van der Waals surface area contributed by atoms with Crippen molar-refractivity contribution in [1.29, 1.82) is 0 Å². The lowest BCUT2D eigenvalue weighted by Gasteiger charge is -2.34. The van der Waals surface area contributed by atoms with Gasteiger partial charge in [0.2, 0.25) is 0 Å². The summed E-state index contributed by atoms with van der Waals surface area (Å²) < 4.78 is 63.7. The van der Waals surface area contributed by atoms with Crippen molar-refractivity contribution < 1.29 is 31.5 Å². The molecule has 13 heteroatoms. The number of piperazine rings is 1. The van der Waals surface area contributed by atoms with Crippen molar-refractivity contribution in [1.82, 2.24) is 14.8 Å². The molecule has 168 valence electrons. The van der Waals surface area contributed by atoms with E-state index < -0.39 is 29.3 Å². The molecule has 0 radical (unpaired) electrons. The van der Waals surface area contributed by atoms with Gasteiger partial charge in [0.15, 0.2) is 5.75 Å². The number of benzene rings is 1. The normalized spacial score (nSPS) is 16.1. The number of nitrogens with one attached hydrogen (secondary N) is 1. The highest BCUT2D eigenvalue weighted by atomic mass is 35.5. The van der Waals surface area contributed by atoms with E-state index in [2.05, 4.69) is 14.6 Å². The fourth-order valence-electron chi connectivity index (χ4n) is 3.14. The van der Waals surface area contributed by atoms with Crippen LogP contribution in [0.15, 0.2) is 36.7 Å². The smallest absolute Gasteiger partial charge is 0.404 e. The van der Waals surface area contributed by atoms with E-state index in [1.807, 2.05) is 10.8 Å². The maximum absolute atomic E-state index is 12.8. The van der Waals surface area contributed by atoms with E-state index in [9.17, 15) is 22.2 Å². The van der Waals surface area contributed by atoms with Crippen LogP contribution in [-0.4, -0.2) is 62.0 Å². The third-order valence-electron chi connectivity index (χ3n) is 4.48. The Kier molecular flexibility index (Phi) is 7.36. The molecule has 0 bridgehead atoms. The van der Waals surface area contributed by atoms with Gasteiger partial charge in [-0.25, -0.2) is 4.21 Å². The summed E-state index contributed by atoms with van der Waals surface area (Å²) in [5.41, 5.74) is 0.543. The van der Waals surface area contributed by atoms with Gasteiger partial charge < -0.3 is 9.64 Å². The van der Waals surface area contributed by atoms with Crippen LogP contribution in [0.1, 0.15) is 15.9 Å². The van der Waals surface area contributed by atoms with Crippen LogP contribution < -0.4 is 9.46 Å². The predicted octanol–water partition coefficient (Wildman–Crippen LogP) is 3.14. The molecule has 8 nitrogen and oxygen atoms in total. The first kappa shape index (κ1) is 23.3. The van der Waals surface area contributed by atoms with E-state index in [1.165, 1.54) is 17.2 Å². The zero-order valence-corrected chi connectivity index (χ0v) is 17.5. The van der Waals surface area contributed by atoms with E-state index >= 15 is 0 Å². The molecule has 1 aromatic heterocycles. The topological polar surface area (TPSA) is 95.0 Å². The van der Waals surface area contributed by atoms with Crippen molar-refractivity contribution in [3.63, 3.8) is 0 Å². The fourth-order valence-corrected chi connectivity index (χ4v) is 3.69. The third-order valence-corrected chi connectivity index (χ3v) is 5.08. The van der Waals surface area contributed by atoms with Crippen molar-refractivity contribution >= 4 is 34.5 Å². The predicted molar refractivity (Wildman–Crippen MR) is 108 cm³/mol. The average molecular weight is 479 g/mol. The lowest BCUT2D eigenvalue weighted by Crippen LogP contribution is -2.48. The maximum atomic E-state index is 12.8. The minimum absolute atomic E-state index is 0.0268. The molecule has 2 aromatic rings. The van der Waals surface area contributed by atoms with Crippen LogP contribution in [0.3, 0.4) is 0 Å². The number of hydrogen-bond donors (Lipinski definition) is 2. The molecule has 1 aliphatic heterocycles. The molecule has 1 aliphatic rings. The number of hydrogen-bond acceptors (Lipinski definition) is 5. The number of aromatic nitrogens is 1. The Morgan fingerprint density at radius 1 is 1.23 bits per heavy atom. The molecule has 1 fully saturated rings. The minimum Gasteiger partial charge on any atom is -0.404 e. The van der Waals surface area contributed by atoms with Crippen LogP contribution in [0, 0.1) is 0 Å². The van der Waals surface area contributed by atoms with E-state index in [1.54, 1.807) is 6.20 Å². The maximum Gasteiger partial charge on any atom is 0.573 e. The van der Waals surface area contributed by atoms with Crippen LogP contribution in [0.25, 0.3) is 0 Å². The van der Waals surface area contributed by atoms with Crippen molar-refractivity contribution in [2.45, 2.75) is 12.9 Å². The number of alkyl halides is 3. The molecule has 1 unspecified atom stereocenters. The quantitative estimate of drug-likeness (QED) is 0.619. The number of pyridine rings is 1. The molecule has 2 N–H and O–H groups in total. The van der Waals surface area contributed by atoms with Gasteiger partial charge in [0.1, 0.15) is 0 Å². The Morgan fingerprint density at radius 3 is 2.55 bits per heavy atom. The van der Waals surface area contributed by atoms with Crippen molar-refractivity contribution in [2.75, 3.05) is 30.9 Å². The Bertz CT molecular complexity index is 971. The minimum atomic E-state index is -5.03. The largest absolute Gasteiger partial charge is 0.573 e. The highest BCUT2D eigenvalue weighted by Gasteiger charge is 2.33. The number of amides is 1. The summed E-state index contributed by atoms with van der Waals surface area (Å²) >= 11 is 3.33. The van der Waals surface area contributed by atoms with E-state index in [4.69, 9.17) is 16.2 Å². The summed E-state index contributed by atoms with van der Waals surface area (Å²) in [6, 6.07) is 5.06. The Labute approximate surface area is 183 Å². The molecule has 31 heavy (non-hydrogen) atoms. The van der Waals surface area contributed by atoms with Crippen LogP contribution in [-0.2, 0) is 17.8 Å². The number of ether oxygens (including phenoxy) is 1. The number of nitrogens with zero attached hydrogens (tertiary/aromatic N) is 3. The summed E-state index contributed by atoms with van der Waals surface area (Å²) in [6.45, 7) is 2.49. The van der Waals surface area contributed by atoms with E-state index in [0.717, 1.165) is 17.7 Å². The average Bonchev–Trinajstić information content (AvgIpc) is 2.68. The zero-order valence-electron chi connectivity index (χ0n) is 15.9. The molecule has 1 atom stereocenters. The van der Waals surface area contributed by atoms with Gasteiger partial charge in [-0.3, -0.25) is 24.0 Å². The number of halogens is 4. The number of carbonyl (C=O) groups is 1. The highest BCUT2D eigenvalue weighted by molar-refractivity contribution is 7.80. The van der Waals surface area contributed by atoms with Gasteiger partial charge >= 0.3 is 6.36 Å². The summed E-state index contributed by atoms with van der Waals surface area (Å²) in [4.78, 5) is 20.4. The van der Waals surface area contributed by atoms with Gasteiger partial charge in [-0.15, -0.1) is 13.2 Å². The van der Waals surface area contributed by atoms with Crippen LogP contribution in [0.4, 0.5) is 18.9 Å². The second kappa shape index (κ2) is 9.81. The standard InChI is InChI=1S/C18H18ClF3N4O4S/c19-14-7-12(9-23-10-14)11-25-3-5-26(6-4-25)17(27)13-1-2-15(24-31(28)29)16(8-13)30-18(20,21)22/h1-2,7-10,24H,3-6,11H2,(H,28,29). The molecule has 0 saturated carbocycles. The van der Waals surface area contributed by atoms with Crippen LogP contribution >= 0.6 is 11.6 Å². The van der Waals surface area contributed by atoms with E-state index in [0.29, 0.717) is 37.7 Å². The second-order valence-corrected chi connectivity index (χ2v) is 7.83. The Balaban J connectivity index is 1.67. The monoisotopic (exact) mass is 478 g/mol. The van der Waals surface area contributed by atoms with Crippen molar-refractivity contribution in [3.05, 3.63) is 52.8 Å².